The van der Waals surface area contributed by atoms with E-state index in [2.05, 4.69) is 9.97 Å². The predicted molar refractivity (Wildman–Crippen MR) is 111 cm³/mol. The zero-order valence-electron chi connectivity index (χ0n) is 16.7. The van der Waals surface area contributed by atoms with Gasteiger partial charge in [-0.15, -0.1) is 0 Å². The molecule has 0 radical (unpaired) electrons. The van der Waals surface area contributed by atoms with Crippen molar-refractivity contribution in [1.82, 2.24) is 15.0 Å². The van der Waals surface area contributed by atoms with E-state index in [0.29, 0.717) is 32.3 Å². The van der Waals surface area contributed by atoms with Crippen LogP contribution in [-0.4, -0.2) is 47.5 Å². The Bertz CT molecular complexity index is 912. The second-order valence-corrected chi connectivity index (χ2v) is 8.79. The fraction of sp³-hybridized carbons (Fsp3) is 0.550. The third-order valence-electron chi connectivity index (χ3n) is 5.78. The summed E-state index contributed by atoms with van der Waals surface area (Å²) >= 11 is 1.71. The monoisotopic (exact) mass is 439 g/mol. The Balaban J connectivity index is 1.89. The van der Waals surface area contributed by atoms with E-state index in [1.807, 2.05) is 11.2 Å². The van der Waals surface area contributed by atoms with E-state index in [4.69, 9.17) is 15.5 Å². The highest BCUT2D eigenvalue weighted by molar-refractivity contribution is 7.99. The van der Waals surface area contributed by atoms with Crippen LogP contribution in [0.4, 0.5) is 24.9 Å². The molecule has 0 atom stereocenters. The van der Waals surface area contributed by atoms with Crippen LogP contribution in [0.3, 0.4) is 0 Å². The van der Waals surface area contributed by atoms with Crippen LogP contribution in [-0.2, 0) is 15.7 Å². The number of nitrogen functional groups attached to an aromatic ring is 1. The van der Waals surface area contributed by atoms with Crippen LogP contribution in [0.2, 0.25) is 0 Å². The van der Waals surface area contributed by atoms with E-state index in [-0.39, 0.29) is 21.8 Å². The third-order valence-corrected chi connectivity index (χ3v) is 7.18. The zero-order chi connectivity index (χ0) is 21.4. The number of hydrogen-bond acceptors (Lipinski definition) is 7. The highest BCUT2D eigenvalue weighted by Gasteiger charge is 2.39. The first-order valence-corrected chi connectivity index (χ1v) is 11.2. The van der Waals surface area contributed by atoms with Crippen molar-refractivity contribution in [1.29, 1.82) is 0 Å². The molecule has 2 N–H and O–H groups in total. The molecule has 30 heavy (non-hydrogen) atoms. The van der Waals surface area contributed by atoms with Gasteiger partial charge in [-0.1, -0.05) is 12.8 Å². The van der Waals surface area contributed by atoms with Gasteiger partial charge >= 0.3 is 6.18 Å². The SMILES string of the molecule is CSC1(c2cc(-c3cnc(N)cc3C(F)(F)F)nc(N3CCOCC3)n2)CCCC1. The molecule has 1 saturated carbocycles. The van der Waals surface area contributed by atoms with E-state index in [9.17, 15) is 13.2 Å². The van der Waals surface area contributed by atoms with E-state index < -0.39 is 11.7 Å². The molecule has 0 aromatic carbocycles. The number of nitrogens with zero attached hydrogens (tertiary/aromatic N) is 4. The number of morpholine rings is 1. The number of pyridine rings is 1. The molecule has 0 bridgehead atoms. The Kier molecular flexibility index (Phi) is 5.80. The normalized spacial score (nSPS) is 19.3. The Labute approximate surface area is 177 Å². The van der Waals surface area contributed by atoms with Crippen molar-refractivity contribution in [3.8, 4) is 11.3 Å². The summed E-state index contributed by atoms with van der Waals surface area (Å²) < 4.78 is 46.5. The largest absolute Gasteiger partial charge is 0.417 e. The highest BCUT2D eigenvalue weighted by Crippen LogP contribution is 2.49. The molecule has 4 rings (SSSR count). The van der Waals surface area contributed by atoms with Gasteiger partial charge in [-0.25, -0.2) is 15.0 Å². The summed E-state index contributed by atoms with van der Waals surface area (Å²) in [7, 11) is 0. The van der Waals surface area contributed by atoms with Gasteiger partial charge in [0.25, 0.3) is 0 Å². The molecule has 1 aliphatic heterocycles. The molecule has 2 fully saturated rings. The average Bonchev–Trinajstić information content (AvgIpc) is 3.24. The maximum atomic E-state index is 13.8. The first kappa shape index (κ1) is 21.2. The van der Waals surface area contributed by atoms with E-state index >= 15 is 0 Å². The molecule has 3 heterocycles. The van der Waals surface area contributed by atoms with Crippen LogP contribution < -0.4 is 10.6 Å². The number of aromatic nitrogens is 3. The van der Waals surface area contributed by atoms with Gasteiger partial charge in [0.2, 0.25) is 5.95 Å². The van der Waals surface area contributed by atoms with Crippen molar-refractivity contribution in [2.45, 2.75) is 36.6 Å². The van der Waals surface area contributed by atoms with Crippen molar-refractivity contribution < 1.29 is 17.9 Å². The number of rotatable bonds is 4. The van der Waals surface area contributed by atoms with Gasteiger partial charge in [0.1, 0.15) is 5.82 Å². The minimum Gasteiger partial charge on any atom is -0.384 e. The van der Waals surface area contributed by atoms with Gasteiger partial charge in [-0.3, -0.25) is 0 Å². The molecule has 2 aromatic heterocycles. The van der Waals surface area contributed by atoms with Gasteiger partial charge in [-0.2, -0.15) is 24.9 Å². The van der Waals surface area contributed by atoms with Gasteiger partial charge in [0.05, 0.1) is 34.9 Å². The standard InChI is InChI=1S/C20H24F3N5OS/c1-30-19(4-2-3-5-19)16-11-15(26-18(27-16)28-6-8-29-9-7-28)13-12-25-17(24)10-14(13)20(21,22)23/h10-12H,2-9H2,1H3,(H2,24,25). The number of hydrogen-bond donors (Lipinski definition) is 1. The van der Waals surface area contributed by atoms with Crippen molar-refractivity contribution in [3.63, 3.8) is 0 Å². The van der Waals surface area contributed by atoms with E-state index in [0.717, 1.165) is 43.6 Å². The van der Waals surface area contributed by atoms with E-state index in [1.54, 1.807) is 17.8 Å². The molecule has 10 heteroatoms. The Morgan fingerprint density at radius 3 is 2.47 bits per heavy atom. The van der Waals surface area contributed by atoms with E-state index in [1.165, 1.54) is 0 Å². The molecule has 0 spiro atoms. The highest BCUT2D eigenvalue weighted by atomic mass is 32.2. The lowest BCUT2D eigenvalue weighted by molar-refractivity contribution is -0.137. The van der Waals surface area contributed by atoms with Crippen LogP contribution >= 0.6 is 11.8 Å². The molecule has 0 unspecified atom stereocenters. The second-order valence-electron chi connectivity index (χ2n) is 7.60. The molecule has 1 aliphatic carbocycles. The second kappa shape index (κ2) is 8.22. The lowest BCUT2D eigenvalue weighted by Crippen LogP contribution is -2.38. The molecule has 0 amide bonds. The Morgan fingerprint density at radius 2 is 1.83 bits per heavy atom. The minimum atomic E-state index is -4.57. The maximum absolute atomic E-state index is 13.8. The molecular formula is C20H24F3N5OS. The smallest absolute Gasteiger partial charge is 0.384 e. The number of halogens is 3. The number of thioether (sulfide) groups is 1. The fourth-order valence-corrected chi connectivity index (χ4v) is 5.14. The number of anilines is 2. The summed E-state index contributed by atoms with van der Waals surface area (Å²) in [5.41, 5.74) is 5.64. The quantitative estimate of drug-likeness (QED) is 0.768. The number of nitrogens with two attached hydrogens (primary N) is 1. The van der Waals surface area contributed by atoms with Crippen molar-refractivity contribution in [2.24, 2.45) is 0 Å². The molecule has 2 aromatic rings. The molecule has 162 valence electrons. The first-order chi connectivity index (χ1) is 14.3. The minimum absolute atomic E-state index is 0.0795. The van der Waals surface area contributed by atoms with Gasteiger partial charge in [0, 0.05) is 24.8 Å². The first-order valence-electron chi connectivity index (χ1n) is 9.93. The summed E-state index contributed by atoms with van der Waals surface area (Å²) in [5.74, 6) is 0.265. The maximum Gasteiger partial charge on any atom is 0.417 e. The summed E-state index contributed by atoms with van der Waals surface area (Å²) in [6, 6.07) is 2.57. The zero-order valence-corrected chi connectivity index (χ0v) is 17.5. The molecule has 1 saturated heterocycles. The van der Waals surface area contributed by atoms with Gasteiger partial charge in [-0.05, 0) is 31.2 Å². The number of ether oxygens (including phenoxy) is 1. The lowest BCUT2D eigenvalue weighted by atomic mass is 9.99. The summed E-state index contributed by atoms with van der Waals surface area (Å²) in [6.45, 7) is 2.27. The average molecular weight is 440 g/mol. The van der Waals surface area contributed by atoms with Crippen molar-refractivity contribution >= 4 is 23.5 Å². The van der Waals surface area contributed by atoms with Gasteiger partial charge in [0.15, 0.2) is 0 Å². The summed E-state index contributed by atoms with van der Waals surface area (Å²) in [5, 5.41) is 0. The summed E-state index contributed by atoms with van der Waals surface area (Å²) in [4.78, 5) is 15.3. The summed E-state index contributed by atoms with van der Waals surface area (Å²) in [6.07, 6.45) is 2.66. The van der Waals surface area contributed by atoms with Crippen LogP contribution in [0.15, 0.2) is 18.3 Å². The topological polar surface area (TPSA) is 77.2 Å². The predicted octanol–water partition coefficient (Wildman–Crippen LogP) is 4.11. The third kappa shape index (κ3) is 4.07. The molecular weight excluding hydrogens is 415 g/mol. The Hall–Kier alpha value is -2.07. The van der Waals surface area contributed by atoms with Crippen LogP contribution in [0, 0.1) is 0 Å². The van der Waals surface area contributed by atoms with Crippen LogP contribution in [0.25, 0.3) is 11.3 Å². The van der Waals surface area contributed by atoms with Gasteiger partial charge < -0.3 is 15.4 Å². The van der Waals surface area contributed by atoms with Crippen molar-refractivity contribution in [2.75, 3.05) is 43.2 Å². The van der Waals surface area contributed by atoms with Crippen LogP contribution in [0.5, 0.6) is 0 Å². The number of alkyl halides is 3. The molecule has 6 nitrogen and oxygen atoms in total. The fourth-order valence-electron chi connectivity index (χ4n) is 4.13. The lowest BCUT2D eigenvalue weighted by Gasteiger charge is -2.31. The molecule has 2 aliphatic rings. The van der Waals surface area contributed by atoms with Crippen LogP contribution in [0.1, 0.15) is 36.9 Å². The Morgan fingerprint density at radius 1 is 1.13 bits per heavy atom. The van der Waals surface area contributed by atoms with Crippen molar-refractivity contribution in [3.05, 3.63) is 29.6 Å².